The highest BCUT2D eigenvalue weighted by Crippen LogP contribution is 2.33. The lowest BCUT2D eigenvalue weighted by molar-refractivity contribution is -0.119. The maximum Gasteiger partial charge on any atom is 0.244 e. The van der Waals surface area contributed by atoms with Crippen molar-refractivity contribution in [1.82, 2.24) is 15.1 Å². The molecule has 1 amide bonds. The van der Waals surface area contributed by atoms with E-state index >= 15 is 0 Å². The van der Waals surface area contributed by atoms with Crippen molar-refractivity contribution in [3.05, 3.63) is 87.4 Å². The standard InChI is InChI=1S/C25H25BrFN3O2/c1-17-23(18(2)30(29-17)22-8-6-21(27)7-9-22)10-11-24(31)28-25(12-14-32-15-13-25)19-4-3-5-20(26)16-19/h3-11,16H,12-15H2,1-2H3,(H,28,31)/b11-10+. The number of carbonyl (C=O) groups excluding carboxylic acids is 1. The van der Waals surface area contributed by atoms with Crippen LogP contribution in [0.4, 0.5) is 4.39 Å². The molecule has 0 unspecified atom stereocenters. The molecule has 1 aliphatic heterocycles. The smallest absolute Gasteiger partial charge is 0.244 e. The fraction of sp³-hybridized carbons (Fsp3) is 0.280. The van der Waals surface area contributed by atoms with Gasteiger partial charge in [0.05, 0.1) is 16.9 Å². The summed E-state index contributed by atoms with van der Waals surface area (Å²) in [6, 6.07) is 14.2. The fourth-order valence-corrected chi connectivity index (χ4v) is 4.56. The molecule has 1 saturated heterocycles. The zero-order valence-corrected chi connectivity index (χ0v) is 19.7. The van der Waals surface area contributed by atoms with Crippen LogP contribution in [0.1, 0.15) is 35.4 Å². The van der Waals surface area contributed by atoms with Gasteiger partial charge in [-0.2, -0.15) is 5.10 Å². The van der Waals surface area contributed by atoms with Crippen molar-refractivity contribution in [2.75, 3.05) is 13.2 Å². The summed E-state index contributed by atoms with van der Waals surface area (Å²) in [6.45, 7) is 5.02. The normalized spacial score (nSPS) is 15.8. The van der Waals surface area contributed by atoms with Gasteiger partial charge in [0.15, 0.2) is 0 Å². The lowest BCUT2D eigenvalue weighted by atomic mass is 9.82. The minimum absolute atomic E-state index is 0.166. The Morgan fingerprint density at radius 2 is 1.91 bits per heavy atom. The highest BCUT2D eigenvalue weighted by atomic mass is 79.9. The maximum absolute atomic E-state index is 13.3. The number of aryl methyl sites for hydroxylation is 1. The molecule has 0 bridgehead atoms. The molecular weight excluding hydrogens is 473 g/mol. The average Bonchev–Trinajstić information content (AvgIpc) is 3.07. The Bertz CT molecular complexity index is 1150. The van der Waals surface area contributed by atoms with E-state index in [0.29, 0.717) is 26.1 Å². The zero-order valence-electron chi connectivity index (χ0n) is 18.1. The van der Waals surface area contributed by atoms with E-state index in [4.69, 9.17) is 4.74 Å². The summed E-state index contributed by atoms with van der Waals surface area (Å²) < 4.78 is 21.6. The Morgan fingerprint density at radius 3 is 2.59 bits per heavy atom. The predicted molar refractivity (Wildman–Crippen MR) is 126 cm³/mol. The minimum atomic E-state index is -0.466. The van der Waals surface area contributed by atoms with Gasteiger partial charge in [0, 0.05) is 35.0 Å². The molecule has 166 valence electrons. The zero-order chi connectivity index (χ0) is 22.7. The van der Waals surface area contributed by atoms with Gasteiger partial charge in [0.25, 0.3) is 0 Å². The van der Waals surface area contributed by atoms with E-state index < -0.39 is 5.54 Å². The van der Waals surface area contributed by atoms with Crippen LogP contribution in [0, 0.1) is 19.7 Å². The number of nitrogens with zero attached hydrogens (tertiary/aromatic N) is 2. The van der Waals surface area contributed by atoms with E-state index in [1.165, 1.54) is 12.1 Å². The van der Waals surface area contributed by atoms with Crippen molar-refractivity contribution in [2.45, 2.75) is 32.2 Å². The van der Waals surface area contributed by atoms with Crippen molar-refractivity contribution in [3.63, 3.8) is 0 Å². The number of amides is 1. The van der Waals surface area contributed by atoms with Gasteiger partial charge in [-0.3, -0.25) is 4.79 Å². The first-order chi connectivity index (χ1) is 15.4. The van der Waals surface area contributed by atoms with Gasteiger partial charge >= 0.3 is 0 Å². The Labute approximate surface area is 195 Å². The van der Waals surface area contributed by atoms with E-state index in [-0.39, 0.29) is 11.7 Å². The SMILES string of the molecule is Cc1nn(-c2ccc(F)cc2)c(C)c1/C=C/C(=O)NC1(c2cccc(Br)c2)CCOCC1. The summed E-state index contributed by atoms with van der Waals surface area (Å²) in [5.41, 5.74) is 3.91. The molecule has 32 heavy (non-hydrogen) atoms. The number of aromatic nitrogens is 2. The van der Waals surface area contributed by atoms with Crippen molar-refractivity contribution in [3.8, 4) is 5.69 Å². The third-order valence-corrected chi connectivity index (χ3v) is 6.40. The monoisotopic (exact) mass is 497 g/mol. The number of ether oxygens (including phenoxy) is 1. The molecule has 0 atom stereocenters. The van der Waals surface area contributed by atoms with E-state index in [1.807, 2.05) is 32.0 Å². The number of hydrogen-bond acceptors (Lipinski definition) is 3. The Hall–Kier alpha value is -2.77. The molecule has 1 N–H and O–H groups in total. The third-order valence-electron chi connectivity index (χ3n) is 5.91. The first-order valence-electron chi connectivity index (χ1n) is 10.5. The fourth-order valence-electron chi connectivity index (χ4n) is 4.16. The van der Waals surface area contributed by atoms with E-state index in [2.05, 4.69) is 32.4 Å². The number of carbonyl (C=O) groups is 1. The molecule has 4 rings (SSSR count). The first-order valence-corrected chi connectivity index (χ1v) is 11.3. The third kappa shape index (κ3) is 4.69. The quantitative estimate of drug-likeness (QED) is 0.491. The van der Waals surface area contributed by atoms with Gasteiger partial charge in [-0.05, 0) is 74.7 Å². The molecule has 1 fully saturated rings. The van der Waals surface area contributed by atoms with Gasteiger partial charge in [0.2, 0.25) is 5.91 Å². The summed E-state index contributed by atoms with van der Waals surface area (Å²) in [5.74, 6) is -0.459. The number of halogens is 2. The van der Waals surface area contributed by atoms with Crippen LogP contribution in [0.15, 0.2) is 59.1 Å². The van der Waals surface area contributed by atoms with Crippen LogP contribution in [0.5, 0.6) is 0 Å². The lowest BCUT2D eigenvalue weighted by Crippen LogP contribution is -2.49. The van der Waals surface area contributed by atoms with Crippen molar-refractivity contribution in [1.29, 1.82) is 0 Å². The van der Waals surface area contributed by atoms with Crippen LogP contribution in [0.2, 0.25) is 0 Å². The van der Waals surface area contributed by atoms with Crippen molar-refractivity contribution < 1.29 is 13.9 Å². The molecule has 3 aromatic rings. The van der Waals surface area contributed by atoms with Crippen LogP contribution < -0.4 is 5.32 Å². The van der Waals surface area contributed by atoms with Crippen LogP contribution in [0.3, 0.4) is 0 Å². The lowest BCUT2D eigenvalue weighted by Gasteiger charge is -2.38. The highest BCUT2D eigenvalue weighted by Gasteiger charge is 2.35. The van der Waals surface area contributed by atoms with Gasteiger partial charge in [0.1, 0.15) is 5.82 Å². The first kappa shape index (κ1) is 22.4. The molecule has 0 saturated carbocycles. The average molecular weight is 498 g/mol. The molecule has 0 spiro atoms. The van der Waals surface area contributed by atoms with E-state index in [9.17, 15) is 9.18 Å². The second-order valence-corrected chi connectivity index (χ2v) is 8.92. The summed E-state index contributed by atoms with van der Waals surface area (Å²) in [4.78, 5) is 13.0. The summed E-state index contributed by atoms with van der Waals surface area (Å²) in [5, 5.41) is 7.80. The Kier molecular flexibility index (Phi) is 6.58. The topological polar surface area (TPSA) is 56.2 Å². The van der Waals surface area contributed by atoms with Crippen molar-refractivity contribution >= 4 is 27.9 Å². The number of nitrogens with one attached hydrogen (secondary N) is 1. The maximum atomic E-state index is 13.3. The molecule has 0 aliphatic carbocycles. The summed E-state index contributed by atoms with van der Waals surface area (Å²) >= 11 is 3.53. The number of benzene rings is 2. The van der Waals surface area contributed by atoms with E-state index in [0.717, 1.165) is 32.7 Å². The second-order valence-electron chi connectivity index (χ2n) is 8.00. The number of rotatable bonds is 5. The highest BCUT2D eigenvalue weighted by molar-refractivity contribution is 9.10. The molecule has 0 radical (unpaired) electrons. The van der Waals surface area contributed by atoms with Gasteiger partial charge < -0.3 is 10.1 Å². The van der Waals surface area contributed by atoms with E-state index in [1.54, 1.807) is 29.0 Å². The molecule has 1 aliphatic rings. The van der Waals surface area contributed by atoms with Crippen LogP contribution in [-0.2, 0) is 15.1 Å². The molecule has 5 nitrogen and oxygen atoms in total. The van der Waals surface area contributed by atoms with Gasteiger partial charge in [-0.25, -0.2) is 9.07 Å². The van der Waals surface area contributed by atoms with Gasteiger partial charge in [-0.15, -0.1) is 0 Å². The largest absolute Gasteiger partial charge is 0.381 e. The molecule has 1 aromatic heterocycles. The minimum Gasteiger partial charge on any atom is -0.381 e. The molecule has 7 heteroatoms. The summed E-state index contributed by atoms with van der Waals surface area (Å²) in [6.07, 6.45) is 4.77. The Balaban J connectivity index is 1.57. The molecular formula is C25H25BrFN3O2. The van der Waals surface area contributed by atoms with Crippen molar-refractivity contribution in [2.24, 2.45) is 0 Å². The predicted octanol–water partition coefficient (Wildman–Crippen LogP) is 5.23. The van der Waals surface area contributed by atoms with Crippen LogP contribution >= 0.6 is 15.9 Å². The molecule has 2 aromatic carbocycles. The van der Waals surface area contributed by atoms with Crippen LogP contribution in [0.25, 0.3) is 11.8 Å². The second kappa shape index (κ2) is 9.38. The van der Waals surface area contributed by atoms with Crippen LogP contribution in [-0.4, -0.2) is 28.9 Å². The number of hydrogen-bond donors (Lipinski definition) is 1. The summed E-state index contributed by atoms with van der Waals surface area (Å²) in [7, 11) is 0. The molecule has 2 heterocycles. The van der Waals surface area contributed by atoms with Gasteiger partial charge in [-0.1, -0.05) is 28.1 Å². The Morgan fingerprint density at radius 1 is 1.19 bits per heavy atom.